The van der Waals surface area contributed by atoms with E-state index in [2.05, 4.69) is 5.32 Å². The van der Waals surface area contributed by atoms with Gasteiger partial charge >= 0.3 is 5.69 Å². The SMILES string of the molecule is COCCn1c(N)c(N2CCCCC2)c(=O)n(CC(=O)Nc2c(C)cccc2C)c1=O. The number of anilines is 3. The van der Waals surface area contributed by atoms with Gasteiger partial charge in [0.25, 0.3) is 5.56 Å². The summed E-state index contributed by atoms with van der Waals surface area (Å²) >= 11 is 0. The summed E-state index contributed by atoms with van der Waals surface area (Å²) in [5.74, 6) is -0.315. The molecule has 0 radical (unpaired) electrons. The Balaban J connectivity index is 2.01. The van der Waals surface area contributed by atoms with E-state index in [4.69, 9.17) is 10.5 Å². The molecule has 1 aromatic carbocycles. The van der Waals surface area contributed by atoms with Crippen molar-refractivity contribution in [2.45, 2.75) is 46.2 Å². The molecule has 9 heteroatoms. The first-order chi connectivity index (χ1) is 14.8. The first-order valence-electron chi connectivity index (χ1n) is 10.6. The van der Waals surface area contributed by atoms with Gasteiger partial charge in [0.1, 0.15) is 18.1 Å². The van der Waals surface area contributed by atoms with E-state index in [1.165, 1.54) is 11.7 Å². The zero-order chi connectivity index (χ0) is 22.5. The normalized spacial score (nSPS) is 14.0. The van der Waals surface area contributed by atoms with Crippen molar-refractivity contribution in [3.05, 3.63) is 50.2 Å². The van der Waals surface area contributed by atoms with Crippen LogP contribution in [0.1, 0.15) is 30.4 Å². The summed E-state index contributed by atoms with van der Waals surface area (Å²) in [7, 11) is 1.53. The molecule has 3 N–H and O–H groups in total. The van der Waals surface area contributed by atoms with E-state index >= 15 is 0 Å². The van der Waals surface area contributed by atoms with Gasteiger partial charge in [-0.3, -0.25) is 14.2 Å². The van der Waals surface area contributed by atoms with Crippen LogP contribution < -0.4 is 27.2 Å². The van der Waals surface area contributed by atoms with E-state index in [1.54, 1.807) is 0 Å². The van der Waals surface area contributed by atoms with Crippen LogP contribution in [0.4, 0.5) is 17.2 Å². The number of piperidine rings is 1. The number of para-hydroxylation sites is 1. The Morgan fingerprint density at radius 1 is 1.10 bits per heavy atom. The highest BCUT2D eigenvalue weighted by Gasteiger charge is 2.24. The van der Waals surface area contributed by atoms with Crippen molar-refractivity contribution in [3.63, 3.8) is 0 Å². The second kappa shape index (κ2) is 9.82. The summed E-state index contributed by atoms with van der Waals surface area (Å²) in [5.41, 5.74) is 7.91. The van der Waals surface area contributed by atoms with Crippen LogP contribution in [0.5, 0.6) is 0 Å². The minimum Gasteiger partial charge on any atom is -0.383 e. The standard InChI is InChI=1S/C22H31N5O4/c1-15-8-7-9-16(2)18(15)24-17(28)14-27-21(29)19(25-10-5-4-6-11-25)20(23)26(22(27)30)12-13-31-3/h7-9H,4-6,10-14,23H2,1-3H3,(H,24,28). The topological polar surface area (TPSA) is 112 Å². The maximum Gasteiger partial charge on any atom is 0.333 e. The summed E-state index contributed by atoms with van der Waals surface area (Å²) in [4.78, 5) is 41.1. The van der Waals surface area contributed by atoms with Crippen molar-refractivity contribution in [1.29, 1.82) is 0 Å². The van der Waals surface area contributed by atoms with Gasteiger partial charge in [-0.05, 0) is 44.2 Å². The molecule has 9 nitrogen and oxygen atoms in total. The molecule has 0 atom stereocenters. The van der Waals surface area contributed by atoms with Gasteiger partial charge in [0.05, 0.1) is 13.2 Å². The Kier molecular flexibility index (Phi) is 7.17. The van der Waals surface area contributed by atoms with Gasteiger partial charge < -0.3 is 20.7 Å². The fourth-order valence-electron chi connectivity index (χ4n) is 3.99. The molecule has 1 aliphatic heterocycles. The van der Waals surface area contributed by atoms with Crippen molar-refractivity contribution in [2.24, 2.45) is 0 Å². The zero-order valence-corrected chi connectivity index (χ0v) is 18.4. The number of nitrogens with one attached hydrogen (secondary N) is 1. The van der Waals surface area contributed by atoms with Crippen molar-refractivity contribution in [2.75, 3.05) is 42.8 Å². The molecule has 2 heterocycles. The minimum absolute atomic E-state index is 0.125. The predicted molar refractivity (Wildman–Crippen MR) is 122 cm³/mol. The van der Waals surface area contributed by atoms with Crippen LogP contribution in [0.25, 0.3) is 0 Å². The number of carbonyl (C=O) groups excluding carboxylic acids is 1. The van der Waals surface area contributed by atoms with Gasteiger partial charge in [0.15, 0.2) is 0 Å². The van der Waals surface area contributed by atoms with Crippen LogP contribution in [0.15, 0.2) is 27.8 Å². The Bertz CT molecular complexity index is 1050. The van der Waals surface area contributed by atoms with Gasteiger partial charge in [0.2, 0.25) is 5.91 Å². The number of aromatic nitrogens is 2. The van der Waals surface area contributed by atoms with Crippen LogP contribution in [-0.2, 0) is 22.6 Å². The van der Waals surface area contributed by atoms with Gasteiger partial charge in [-0.15, -0.1) is 0 Å². The first kappa shape index (κ1) is 22.6. The number of nitrogen functional groups attached to an aromatic ring is 1. The molecular weight excluding hydrogens is 398 g/mol. The molecule has 31 heavy (non-hydrogen) atoms. The maximum absolute atomic E-state index is 13.3. The Hall–Kier alpha value is -3.07. The van der Waals surface area contributed by atoms with Crippen molar-refractivity contribution >= 4 is 23.1 Å². The molecule has 0 saturated carbocycles. The third kappa shape index (κ3) is 4.82. The van der Waals surface area contributed by atoms with Crippen LogP contribution >= 0.6 is 0 Å². The van der Waals surface area contributed by atoms with Gasteiger partial charge in [-0.2, -0.15) is 0 Å². The van der Waals surface area contributed by atoms with Crippen LogP contribution in [0, 0.1) is 13.8 Å². The number of nitrogens with two attached hydrogens (primary N) is 1. The van der Waals surface area contributed by atoms with E-state index in [1.807, 2.05) is 36.9 Å². The Morgan fingerprint density at radius 3 is 2.35 bits per heavy atom. The highest BCUT2D eigenvalue weighted by molar-refractivity contribution is 5.92. The van der Waals surface area contributed by atoms with Crippen LogP contribution in [-0.4, -0.2) is 41.8 Å². The molecule has 1 amide bonds. The highest BCUT2D eigenvalue weighted by atomic mass is 16.5. The molecule has 2 aromatic rings. The number of benzene rings is 1. The number of hydrogen-bond acceptors (Lipinski definition) is 6. The lowest BCUT2D eigenvalue weighted by Gasteiger charge is -2.30. The quantitative estimate of drug-likeness (QED) is 0.690. The van der Waals surface area contributed by atoms with E-state index in [0.717, 1.165) is 35.0 Å². The fraction of sp³-hybridized carbons (Fsp3) is 0.500. The Labute approximate surface area is 181 Å². The molecular formula is C22H31N5O4. The van der Waals surface area contributed by atoms with E-state index in [0.29, 0.717) is 18.8 Å². The number of aryl methyl sites for hydroxylation is 2. The molecule has 168 valence electrons. The first-order valence-corrected chi connectivity index (χ1v) is 10.6. The van der Waals surface area contributed by atoms with Crippen molar-refractivity contribution in [3.8, 4) is 0 Å². The second-order valence-electron chi connectivity index (χ2n) is 7.91. The monoisotopic (exact) mass is 429 g/mol. The molecule has 1 fully saturated rings. The van der Waals surface area contributed by atoms with Crippen LogP contribution in [0.3, 0.4) is 0 Å². The third-order valence-electron chi connectivity index (χ3n) is 5.68. The highest BCUT2D eigenvalue weighted by Crippen LogP contribution is 2.22. The third-order valence-corrected chi connectivity index (χ3v) is 5.68. The summed E-state index contributed by atoms with van der Waals surface area (Å²) in [6.45, 7) is 5.23. The largest absolute Gasteiger partial charge is 0.383 e. The lowest BCUT2D eigenvalue weighted by Crippen LogP contribution is -2.47. The average Bonchev–Trinajstić information content (AvgIpc) is 2.75. The van der Waals surface area contributed by atoms with Gasteiger partial charge in [0, 0.05) is 25.9 Å². The molecule has 1 saturated heterocycles. The molecule has 1 aromatic heterocycles. The van der Waals surface area contributed by atoms with E-state index in [-0.39, 0.29) is 31.2 Å². The molecule has 0 spiro atoms. The lowest BCUT2D eigenvalue weighted by molar-refractivity contribution is -0.116. The molecule has 0 unspecified atom stereocenters. The lowest BCUT2D eigenvalue weighted by atomic mass is 10.1. The minimum atomic E-state index is -0.614. The number of nitrogens with zero attached hydrogens (tertiary/aromatic N) is 3. The molecule has 0 bridgehead atoms. The average molecular weight is 430 g/mol. The zero-order valence-electron chi connectivity index (χ0n) is 18.4. The van der Waals surface area contributed by atoms with E-state index < -0.39 is 17.2 Å². The number of carbonyl (C=O) groups is 1. The van der Waals surface area contributed by atoms with E-state index in [9.17, 15) is 14.4 Å². The Morgan fingerprint density at radius 2 is 1.74 bits per heavy atom. The summed E-state index contributed by atoms with van der Waals surface area (Å²) in [6.07, 6.45) is 2.98. The fourth-order valence-corrected chi connectivity index (χ4v) is 3.99. The number of rotatable bonds is 7. The van der Waals surface area contributed by atoms with Crippen molar-refractivity contribution in [1.82, 2.24) is 9.13 Å². The summed E-state index contributed by atoms with van der Waals surface area (Å²) < 4.78 is 7.39. The summed E-state index contributed by atoms with van der Waals surface area (Å²) in [6, 6.07) is 5.69. The smallest absolute Gasteiger partial charge is 0.333 e. The van der Waals surface area contributed by atoms with Gasteiger partial charge in [-0.25, -0.2) is 9.36 Å². The number of ether oxygens (including phenoxy) is 1. The maximum atomic E-state index is 13.3. The predicted octanol–water partition coefficient (Wildman–Crippen LogP) is 1.48. The molecule has 1 aliphatic rings. The van der Waals surface area contributed by atoms with Gasteiger partial charge in [-0.1, -0.05) is 18.2 Å². The summed E-state index contributed by atoms with van der Waals surface area (Å²) in [5, 5.41) is 2.84. The van der Waals surface area contributed by atoms with Crippen LogP contribution in [0.2, 0.25) is 0 Å². The molecule has 3 rings (SSSR count). The second-order valence-corrected chi connectivity index (χ2v) is 7.91. The number of methoxy groups -OCH3 is 1. The molecule has 0 aliphatic carbocycles. The van der Waals surface area contributed by atoms with Crippen molar-refractivity contribution < 1.29 is 9.53 Å². The number of hydrogen-bond donors (Lipinski definition) is 2. The number of amides is 1.